The molecule has 0 N–H and O–H groups in total. The van der Waals surface area contributed by atoms with E-state index in [0.717, 1.165) is 22.3 Å². The summed E-state index contributed by atoms with van der Waals surface area (Å²) < 4.78 is 14.1. The molecule has 0 saturated carbocycles. The second-order valence-electron chi connectivity index (χ2n) is 6.40. The average Bonchev–Trinajstić information content (AvgIpc) is 2.55. The van der Waals surface area contributed by atoms with E-state index in [4.69, 9.17) is 0 Å². The molecule has 2 nitrogen and oxygen atoms in total. The molecule has 0 aliphatic heterocycles. The first-order valence-corrected chi connectivity index (χ1v) is 7.36. The number of hydrogen-bond donors (Lipinski definition) is 0. The van der Waals surface area contributed by atoms with Crippen molar-refractivity contribution >= 4 is 6.04 Å². The molecule has 1 atom stereocenters. The summed E-state index contributed by atoms with van der Waals surface area (Å²) in [6.07, 6.45) is 0.337. The second-order valence-corrected chi connectivity index (χ2v) is 6.40. The van der Waals surface area contributed by atoms with Gasteiger partial charge in [-0.2, -0.15) is 9.65 Å². The molecule has 0 saturated heterocycles. The molecule has 3 heteroatoms. The highest BCUT2D eigenvalue weighted by molar-refractivity contribution is 5.84. The maximum Gasteiger partial charge on any atom is 0.309 e. The highest BCUT2D eigenvalue weighted by Gasteiger charge is 2.64. The van der Waals surface area contributed by atoms with Gasteiger partial charge in [-0.15, -0.1) is 0 Å². The van der Waals surface area contributed by atoms with Crippen LogP contribution in [0.3, 0.4) is 0 Å². The van der Waals surface area contributed by atoms with Crippen LogP contribution in [0.25, 0.3) is 0 Å². The molecule has 0 amide bonds. The molecular formula is C19H14FNO. The van der Waals surface area contributed by atoms with Crippen molar-refractivity contribution in [3.8, 4) is 6.07 Å². The molecule has 0 fully saturated rings. The van der Waals surface area contributed by atoms with Crippen molar-refractivity contribution < 1.29 is 9.18 Å². The zero-order valence-corrected chi connectivity index (χ0v) is 12.1. The van der Waals surface area contributed by atoms with Crippen LogP contribution in [-0.2, 0) is 10.2 Å². The number of nitrogens with zero attached hydrogens (tertiary/aromatic N) is 1. The lowest BCUT2D eigenvalue weighted by molar-refractivity contribution is -0.143. The van der Waals surface area contributed by atoms with Crippen LogP contribution in [0.1, 0.15) is 41.5 Å². The number of nitriles is 1. The Kier molecular flexibility index (Phi) is 2.43. The Labute approximate surface area is 128 Å². The maximum absolute atomic E-state index is 14.1. The van der Waals surface area contributed by atoms with Crippen molar-refractivity contribution in [3.05, 3.63) is 70.8 Å². The van der Waals surface area contributed by atoms with Gasteiger partial charge in [-0.05, 0) is 35.6 Å². The summed E-state index contributed by atoms with van der Waals surface area (Å²) >= 11 is 0. The third-order valence-electron chi connectivity index (χ3n) is 5.52. The Balaban J connectivity index is 2.19. The Morgan fingerprint density at radius 3 is 2.09 bits per heavy atom. The van der Waals surface area contributed by atoms with Gasteiger partial charge in [0.15, 0.2) is 0 Å². The molecule has 2 bridgehead atoms. The van der Waals surface area contributed by atoms with Crippen molar-refractivity contribution in [2.45, 2.75) is 24.7 Å². The summed E-state index contributed by atoms with van der Waals surface area (Å²) in [5.41, 5.74) is 1.06. The third kappa shape index (κ3) is 1.23. The fourth-order valence-corrected chi connectivity index (χ4v) is 4.44. The van der Waals surface area contributed by atoms with Gasteiger partial charge in [0.05, 0.1) is 11.5 Å². The van der Waals surface area contributed by atoms with Crippen molar-refractivity contribution in [2.24, 2.45) is 5.41 Å². The normalized spacial score (nSPS) is 31.0. The van der Waals surface area contributed by atoms with E-state index >= 15 is 0 Å². The number of benzene rings is 2. The van der Waals surface area contributed by atoms with Gasteiger partial charge in [-0.1, -0.05) is 48.5 Å². The predicted octanol–water partition coefficient (Wildman–Crippen LogP) is 3.85. The summed E-state index contributed by atoms with van der Waals surface area (Å²) in [5.74, 6) is -0.0349. The maximum atomic E-state index is 14.1. The zero-order chi connectivity index (χ0) is 15.5. The van der Waals surface area contributed by atoms with Crippen LogP contribution in [-0.4, -0.2) is 6.04 Å². The summed E-state index contributed by atoms with van der Waals surface area (Å²) in [5, 5.41) is 10.1. The van der Waals surface area contributed by atoms with Crippen LogP contribution in [0.2, 0.25) is 0 Å². The van der Waals surface area contributed by atoms with Crippen molar-refractivity contribution in [3.63, 3.8) is 0 Å². The Morgan fingerprint density at radius 2 is 1.64 bits per heavy atom. The Bertz CT molecular complexity index is 803. The molecule has 0 radical (unpaired) electrons. The lowest BCUT2D eigenvalue weighted by Crippen LogP contribution is -2.55. The van der Waals surface area contributed by atoms with Gasteiger partial charge in [0.25, 0.3) is 0 Å². The molecule has 0 aromatic heterocycles. The van der Waals surface area contributed by atoms with Crippen molar-refractivity contribution in [2.75, 3.05) is 0 Å². The topological polar surface area (TPSA) is 40.9 Å². The van der Waals surface area contributed by atoms with Crippen LogP contribution < -0.4 is 0 Å². The predicted molar refractivity (Wildman–Crippen MR) is 80.0 cm³/mol. The van der Waals surface area contributed by atoms with E-state index in [0.29, 0.717) is 6.42 Å². The van der Waals surface area contributed by atoms with Gasteiger partial charge >= 0.3 is 6.04 Å². The SMILES string of the molecule is CC1(C(=O)F)CC2c3ccccc3C1(C#N)c1ccccc12. The van der Waals surface area contributed by atoms with Gasteiger partial charge in [0.2, 0.25) is 0 Å². The van der Waals surface area contributed by atoms with Crippen LogP contribution in [0.5, 0.6) is 0 Å². The zero-order valence-electron chi connectivity index (χ0n) is 12.1. The summed E-state index contributed by atoms with van der Waals surface area (Å²) in [6, 6.07) is 16.2. The van der Waals surface area contributed by atoms with Gasteiger partial charge < -0.3 is 0 Å². The molecular weight excluding hydrogens is 277 g/mol. The number of carbonyl (C=O) groups excluding carboxylic acids is 1. The van der Waals surface area contributed by atoms with Gasteiger partial charge in [-0.25, -0.2) is 0 Å². The number of halogens is 1. The first-order valence-electron chi connectivity index (χ1n) is 7.36. The van der Waals surface area contributed by atoms with Crippen LogP contribution in [0, 0.1) is 16.7 Å². The van der Waals surface area contributed by atoms with Crippen LogP contribution >= 0.6 is 0 Å². The summed E-state index contributed by atoms with van der Waals surface area (Å²) in [6.45, 7) is 1.59. The van der Waals surface area contributed by atoms with E-state index in [-0.39, 0.29) is 5.92 Å². The summed E-state index contributed by atoms with van der Waals surface area (Å²) in [4.78, 5) is 11.9. The first-order chi connectivity index (χ1) is 10.6. The third-order valence-corrected chi connectivity index (χ3v) is 5.52. The quantitative estimate of drug-likeness (QED) is 0.749. The molecule has 3 aliphatic carbocycles. The Morgan fingerprint density at radius 1 is 1.14 bits per heavy atom. The molecule has 3 aliphatic rings. The number of hydrogen-bond acceptors (Lipinski definition) is 2. The highest BCUT2D eigenvalue weighted by Crippen LogP contribution is 2.64. The molecule has 1 unspecified atom stereocenters. The Hall–Kier alpha value is -2.47. The standard InChI is InChI=1S/C19H14FNO/c1-18(17(20)22)10-14-12-6-2-4-8-15(12)19(18,11-21)16-9-5-3-7-13(14)16/h2-9,14H,10H2,1H3. The molecule has 2 aromatic rings. The fraction of sp³-hybridized carbons (Fsp3) is 0.263. The highest BCUT2D eigenvalue weighted by atomic mass is 19.1. The smallest absolute Gasteiger partial charge is 0.260 e. The fourth-order valence-electron chi connectivity index (χ4n) is 4.44. The van der Waals surface area contributed by atoms with Crippen molar-refractivity contribution in [1.82, 2.24) is 0 Å². The van der Waals surface area contributed by atoms with E-state index in [2.05, 4.69) is 6.07 Å². The molecule has 0 spiro atoms. The molecule has 2 aromatic carbocycles. The number of rotatable bonds is 1. The van der Waals surface area contributed by atoms with Crippen LogP contribution in [0.15, 0.2) is 48.5 Å². The van der Waals surface area contributed by atoms with Crippen LogP contribution in [0.4, 0.5) is 4.39 Å². The van der Waals surface area contributed by atoms with Gasteiger partial charge in [-0.3, -0.25) is 4.79 Å². The minimum atomic E-state index is -1.40. The van der Waals surface area contributed by atoms with Crippen molar-refractivity contribution in [1.29, 1.82) is 5.26 Å². The molecule has 5 rings (SSSR count). The van der Waals surface area contributed by atoms with E-state index in [9.17, 15) is 14.4 Å². The summed E-state index contributed by atoms with van der Waals surface area (Å²) in [7, 11) is 0. The lowest BCUT2D eigenvalue weighted by Gasteiger charge is -2.54. The molecule has 22 heavy (non-hydrogen) atoms. The van der Waals surface area contributed by atoms with Gasteiger partial charge in [0, 0.05) is 5.92 Å². The van der Waals surface area contributed by atoms with Gasteiger partial charge in [0.1, 0.15) is 5.41 Å². The monoisotopic (exact) mass is 291 g/mol. The van der Waals surface area contributed by atoms with E-state index in [1.165, 1.54) is 0 Å². The number of fused-ring (bicyclic) bond motifs is 1. The largest absolute Gasteiger partial charge is 0.309 e. The number of carbonyl (C=O) groups is 1. The lowest BCUT2D eigenvalue weighted by atomic mass is 9.45. The minimum Gasteiger partial charge on any atom is -0.260 e. The molecule has 0 heterocycles. The van der Waals surface area contributed by atoms with E-state index in [1.54, 1.807) is 6.92 Å². The van der Waals surface area contributed by atoms with E-state index < -0.39 is 16.9 Å². The second kappa shape index (κ2) is 4.04. The van der Waals surface area contributed by atoms with E-state index in [1.807, 2.05) is 48.5 Å². The first kappa shape index (κ1) is 13.2. The average molecular weight is 291 g/mol. The minimum absolute atomic E-state index is 0.0349. The molecule has 108 valence electrons.